The number of hydrogen-bond acceptors (Lipinski definition) is 8. The maximum absolute atomic E-state index is 12.8. The van der Waals surface area contributed by atoms with Crippen molar-refractivity contribution < 1.29 is 33.3 Å². The zero-order chi connectivity index (χ0) is 24.6. The Morgan fingerprint density at radius 3 is 2.71 bits per heavy atom. The molecule has 3 saturated heterocycles. The van der Waals surface area contributed by atoms with Crippen molar-refractivity contribution in [3.63, 3.8) is 0 Å². The number of nitrogens with zero attached hydrogens (tertiary/aromatic N) is 2. The van der Waals surface area contributed by atoms with Crippen LogP contribution in [0.2, 0.25) is 4.34 Å². The van der Waals surface area contributed by atoms with Crippen molar-refractivity contribution in [3.8, 4) is 5.75 Å². The van der Waals surface area contributed by atoms with Gasteiger partial charge in [0.15, 0.2) is 5.79 Å². The van der Waals surface area contributed by atoms with E-state index in [2.05, 4.69) is 5.32 Å². The summed E-state index contributed by atoms with van der Waals surface area (Å²) < 4.78 is 22.8. The van der Waals surface area contributed by atoms with Gasteiger partial charge in [-0.25, -0.2) is 4.79 Å². The predicted molar refractivity (Wildman–Crippen MR) is 128 cm³/mol. The van der Waals surface area contributed by atoms with Crippen LogP contribution in [0, 0.1) is 0 Å². The Bertz CT molecular complexity index is 1150. The molecule has 186 valence electrons. The number of piperidine rings is 1. The first-order valence-corrected chi connectivity index (χ1v) is 12.3. The summed E-state index contributed by atoms with van der Waals surface area (Å²) in [5, 5.41) is 2.77. The monoisotopic (exact) mass is 521 g/mol. The fraction of sp³-hybridized carbons (Fsp3) is 0.435. The van der Waals surface area contributed by atoms with E-state index in [4.69, 9.17) is 30.5 Å². The molecule has 5 rings (SSSR count). The molecule has 1 N–H and O–H groups in total. The van der Waals surface area contributed by atoms with Gasteiger partial charge in [0.2, 0.25) is 5.91 Å². The lowest BCUT2D eigenvalue weighted by molar-refractivity contribution is -0.177. The number of anilines is 2. The number of benzene rings is 1. The number of amides is 3. The zero-order valence-electron chi connectivity index (χ0n) is 19.0. The van der Waals surface area contributed by atoms with Crippen LogP contribution in [0.1, 0.15) is 22.5 Å². The topological polar surface area (TPSA) is 107 Å². The molecule has 0 radical (unpaired) electrons. The number of carbonyl (C=O) groups is 3. The molecule has 0 aliphatic carbocycles. The zero-order valence-corrected chi connectivity index (χ0v) is 20.5. The molecule has 12 heteroatoms. The Labute approximate surface area is 210 Å². The molecule has 1 spiro atoms. The quantitative estimate of drug-likeness (QED) is 0.622. The van der Waals surface area contributed by atoms with Crippen molar-refractivity contribution in [1.82, 2.24) is 5.32 Å². The molecule has 2 aromatic rings. The first-order chi connectivity index (χ1) is 16.9. The standard InChI is InChI=1S/C23H24ClN3O7S/c1-31-17-10-14(26-7-6-23(11-20(26)28)32-8-9-33-23)2-3-16(17)27-13-15(34-22(27)30)12-25-21(29)18-4-5-19(24)35-18/h2-5,10,15H,6-9,11-13H2,1H3,(H,25,29)/t15-/m0/s1. The molecule has 0 bridgehead atoms. The third-order valence-corrected chi connectivity index (χ3v) is 7.41. The normalized spacial score (nSPS) is 21.5. The van der Waals surface area contributed by atoms with E-state index in [0.29, 0.717) is 52.5 Å². The Morgan fingerprint density at radius 1 is 1.23 bits per heavy atom. The molecule has 0 unspecified atom stereocenters. The van der Waals surface area contributed by atoms with Gasteiger partial charge in [0, 0.05) is 24.7 Å². The largest absolute Gasteiger partial charge is 0.494 e. The van der Waals surface area contributed by atoms with Crippen molar-refractivity contribution in [2.75, 3.05) is 49.8 Å². The summed E-state index contributed by atoms with van der Waals surface area (Å²) in [4.78, 5) is 41.3. The maximum atomic E-state index is 12.8. The second-order valence-corrected chi connectivity index (χ2v) is 10.1. The second-order valence-electron chi connectivity index (χ2n) is 8.37. The van der Waals surface area contributed by atoms with E-state index in [1.807, 2.05) is 0 Å². The van der Waals surface area contributed by atoms with Crippen LogP contribution < -0.4 is 19.9 Å². The van der Waals surface area contributed by atoms with Gasteiger partial charge in [-0.1, -0.05) is 11.6 Å². The summed E-state index contributed by atoms with van der Waals surface area (Å²) in [6, 6.07) is 8.52. The van der Waals surface area contributed by atoms with Gasteiger partial charge in [-0.3, -0.25) is 14.5 Å². The van der Waals surface area contributed by atoms with Gasteiger partial charge in [0.05, 0.1) is 54.7 Å². The first-order valence-electron chi connectivity index (χ1n) is 11.2. The lowest BCUT2D eigenvalue weighted by atomic mass is 10.0. The molecule has 0 saturated carbocycles. The van der Waals surface area contributed by atoms with Crippen LogP contribution >= 0.6 is 22.9 Å². The summed E-state index contributed by atoms with van der Waals surface area (Å²) >= 11 is 7.06. The van der Waals surface area contributed by atoms with Gasteiger partial charge >= 0.3 is 6.09 Å². The summed E-state index contributed by atoms with van der Waals surface area (Å²) in [5.74, 6) is -0.758. The number of hydrogen-bond donors (Lipinski definition) is 1. The Hall–Kier alpha value is -2.86. The number of nitrogens with one attached hydrogen (secondary N) is 1. The summed E-state index contributed by atoms with van der Waals surface area (Å²) in [6.45, 7) is 1.83. The van der Waals surface area contributed by atoms with Crippen molar-refractivity contribution in [1.29, 1.82) is 0 Å². The predicted octanol–water partition coefficient (Wildman–Crippen LogP) is 3.04. The molecule has 1 aromatic carbocycles. The summed E-state index contributed by atoms with van der Waals surface area (Å²) in [7, 11) is 1.50. The molecular formula is C23H24ClN3O7S. The van der Waals surface area contributed by atoms with Crippen LogP contribution in [0.4, 0.5) is 16.2 Å². The van der Waals surface area contributed by atoms with Gasteiger partial charge in [-0.05, 0) is 24.3 Å². The SMILES string of the molecule is COc1cc(N2CCC3(CC2=O)OCCO3)ccc1N1C[C@H](CNC(=O)c2ccc(Cl)s2)OC1=O. The molecule has 3 aliphatic rings. The third kappa shape index (κ3) is 4.81. The molecule has 3 amide bonds. The third-order valence-electron chi connectivity index (χ3n) is 6.18. The van der Waals surface area contributed by atoms with E-state index in [9.17, 15) is 14.4 Å². The van der Waals surface area contributed by atoms with E-state index >= 15 is 0 Å². The molecular weight excluding hydrogens is 498 g/mol. The fourth-order valence-electron chi connectivity index (χ4n) is 4.45. The average Bonchev–Trinajstić information content (AvgIpc) is 3.58. The van der Waals surface area contributed by atoms with Crippen molar-refractivity contribution in [2.45, 2.75) is 24.7 Å². The molecule has 35 heavy (non-hydrogen) atoms. The minimum Gasteiger partial charge on any atom is -0.494 e. The van der Waals surface area contributed by atoms with Crippen LogP contribution in [-0.4, -0.2) is 69.8 Å². The van der Waals surface area contributed by atoms with Gasteiger partial charge in [0.1, 0.15) is 11.9 Å². The van der Waals surface area contributed by atoms with Crippen LogP contribution in [-0.2, 0) is 19.0 Å². The fourth-order valence-corrected chi connectivity index (χ4v) is 5.41. The number of carbonyl (C=O) groups excluding carboxylic acids is 3. The number of methoxy groups -OCH3 is 1. The van der Waals surface area contributed by atoms with Crippen LogP contribution in [0.3, 0.4) is 0 Å². The first kappa shape index (κ1) is 23.9. The minimum absolute atomic E-state index is 0.101. The Morgan fingerprint density at radius 2 is 2.03 bits per heavy atom. The van der Waals surface area contributed by atoms with Crippen LogP contribution in [0.25, 0.3) is 0 Å². The molecule has 1 aromatic heterocycles. The van der Waals surface area contributed by atoms with Crippen LogP contribution in [0.5, 0.6) is 5.75 Å². The number of halogens is 1. The number of thiophene rings is 1. The lowest BCUT2D eigenvalue weighted by Crippen LogP contribution is -2.48. The van der Waals surface area contributed by atoms with Gasteiger partial charge in [-0.15, -0.1) is 11.3 Å². The molecule has 4 heterocycles. The minimum atomic E-state index is -0.808. The average molecular weight is 522 g/mol. The highest BCUT2D eigenvalue weighted by Crippen LogP contribution is 2.38. The molecule has 3 aliphatic heterocycles. The van der Waals surface area contributed by atoms with Gasteiger partial charge in [-0.2, -0.15) is 0 Å². The Balaban J connectivity index is 1.24. The molecule has 10 nitrogen and oxygen atoms in total. The van der Waals surface area contributed by atoms with Gasteiger partial charge in [0.25, 0.3) is 5.91 Å². The van der Waals surface area contributed by atoms with Crippen molar-refractivity contribution in [3.05, 3.63) is 39.5 Å². The van der Waals surface area contributed by atoms with Gasteiger partial charge < -0.3 is 29.2 Å². The van der Waals surface area contributed by atoms with Crippen LogP contribution in [0.15, 0.2) is 30.3 Å². The highest BCUT2D eigenvalue weighted by molar-refractivity contribution is 7.18. The van der Waals surface area contributed by atoms with E-state index in [-0.39, 0.29) is 31.3 Å². The highest BCUT2D eigenvalue weighted by Gasteiger charge is 2.44. The van der Waals surface area contributed by atoms with E-state index in [0.717, 1.165) is 0 Å². The van der Waals surface area contributed by atoms with E-state index in [1.54, 1.807) is 35.2 Å². The van der Waals surface area contributed by atoms with Crippen molar-refractivity contribution in [2.24, 2.45) is 0 Å². The lowest BCUT2D eigenvalue weighted by Gasteiger charge is -2.37. The maximum Gasteiger partial charge on any atom is 0.414 e. The number of cyclic esters (lactones) is 1. The van der Waals surface area contributed by atoms with Crippen molar-refractivity contribution >= 4 is 52.2 Å². The number of ether oxygens (including phenoxy) is 4. The van der Waals surface area contributed by atoms with E-state index < -0.39 is 18.0 Å². The highest BCUT2D eigenvalue weighted by atomic mass is 35.5. The number of rotatable bonds is 6. The molecule has 1 atom stereocenters. The summed E-state index contributed by atoms with van der Waals surface area (Å²) in [6.07, 6.45) is -0.342. The second kappa shape index (κ2) is 9.65. The van der Waals surface area contributed by atoms with E-state index in [1.165, 1.54) is 23.3 Å². The molecule has 3 fully saturated rings. The smallest absolute Gasteiger partial charge is 0.414 e. The summed E-state index contributed by atoms with van der Waals surface area (Å²) in [5.41, 5.74) is 1.18. The Kier molecular flexibility index (Phi) is 6.58.